The van der Waals surface area contributed by atoms with E-state index in [1.54, 1.807) is 47.4 Å². The average molecular weight is 500 g/mol. The van der Waals surface area contributed by atoms with Crippen molar-refractivity contribution >= 4 is 27.5 Å². The first kappa shape index (κ1) is 23.6. The van der Waals surface area contributed by atoms with E-state index >= 15 is 0 Å². The van der Waals surface area contributed by atoms with E-state index in [0.29, 0.717) is 62.9 Å². The summed E-state index contributed by atoms with van der Waals surface area (Å²) in [4.78, 5) is 27.5. The van der Waals surface area contributed by atoms with Crippen LogP contribution in [0.2, 0.25) is 0 Å². The molecule has 3 aliphatic heterocycles. The molecule has 2 aromatic rings. The minimum atomic E-state index is -3.55. The van der Waals surface area contributed by atoms with Gasteiger partial charge in [0.1, 0.15) is 13.2 Å². The third-order valence-corrected chi connectivity index (χ3v) is 8.71. The molecule has 0 spiro atoms. The van der Waals surface area contributed by atoms with Crippen LogP contribution in [0, 0.1) is 12.8 Å². The van der Waals surface area contributed by atoms with Gasteiger partial charge in [-0.15, -0.1) is 0 Å². The quantitative estimate of drug-likeness (QED) is 0.676. The van der Waals surface area contributed by atoms with Crippen molar-refractivity contribution in [3.63, 3.8) is 0 Å². The fourth-order valence-corrected chi connectivity index (χ4v) is 6.22. The normalized spacial score (nSPS) is 21.2. The zero-order valence-electron chi connectivity index (χ0n) is 19.6. The van der Waals surface area contributed by atoms with Crippen LogP contribution in [0.4, 0.5) is 5.69 Å². The van der Waals surface area contributed by atoms with E-state index in [1.807, 2.05) is 6.92 Å². The lowest BCUT2D eigenvalue weighted by Crippen LogP contribution is -2.48. The van der Waals surface area contributed by atoms with Crippen molar-refractivity contribution in [3.8, 4) is 11.5 Å². The van der Waals surface area contributed by atoms with E-state index in [2.05, 4.69) is 5.32 Å². The molecule has 3 heterocycles. The third-order valence-electron chi connectivity index (χ3n) is 6.79. The largest absolute Gasteiger partial charge is 0.486 e. The maximum absolute atomic E-state index is 12.9. The van der Waals surface area contributed by atoms with Crippen molar-refractivity contribution < 1.29 is 27.5 Å². The van der Waals surface area contributed by atoms with E-state index < -0.39 is 15.9 Å². The first-order valence-electron chi connectivity index (χ1n) is 11.9. The van der Waals surface area contributed by atoms with Gasteiger partial charge in [-0.3, -0.25) is 9.59 Å². The molecule has 2 saturated heterocycles. The molecule has 2 fully saturated rings. The molecular formula is C25H29N3O6S. The van der Waals surface area contributed by atoms with Gasteiger partial charge in [0.2, 0.25) is 21.8 Å². The highest BCUT2D eigenvalue weighted by Crippen LogP contribution is 2.36. The van der Waals surface area contributed by atoms with E-state index in [0.717, 1.165) is 5.56 Å². The molecule has 1 N–H and O–H groups in total. The minimum Gasteiger partial charge on any atom is -0.486 e. The van der Waals surface area contributed by atoms with Crippen molar-refractivity contribution in [2.45, 2.75) is 37.1 Å². The maximum Gasteiger partial charge on any atom is 0.243 e. The minimum absolute atomic E-state index is 0.110. The van der Waals surface area contributed by atoms with Gasteiger partial charge in [-0.05, 0) is 44.0 Å². The van der Waals surface area contributed by atoms with Gasteiger partial charge < -0.3 is 19.7 Å². The van der Waals surface area contributed by atoms with E-state index in [-0.39, 0.29) is 29.2 Å². The number of aryl methyl sites for hydroxylation is 1. The standard InChI is InChI=1S/C25H29N3O6S/c1-17-2-5-21(6-3-17)35(31,32)27-10-8-19(9-11-27)26-25(30)18-14-24(29)28(16-18)20-4-7-22-23(15-20)34-13-12-33-22/h2-7,15,18-19H,8-14,16H2,1H3,(H,26,30). The molecular weight excluding hydrogens is 470 g/mol. The van der Waals surface area contributed by atoms with Crippen LogP contribution >= 0.6 is 0 Å². The summed E-state index contributed by atoms with van der Waals surface area (Å²) in [5, 5.41) is 3.04. The number of sulfonamides is 1. The van der Waals surface area contributed by atoms with Crippen LogP contribution in [0.5, 0.6) is 11.5 Å². The van der Waals surface area contributed by atoms with Crippen LogP contribution < -0.4 is 19.7 Å². The van der Waals surface area contributed by atoms with Gasteiger partial charge in [0.05, 0.1) is 10.8 Å². The number of hydrogen-bond donors (Lipinski definition) is 1. The van der Waals surface area contributed by atoms with E-state index in [4.69, 9.17) is 9.47 Å². The molecule has 35 heavy (non-hydrogen) atoms. The Hall–Kier alpha value is -3.11. The number of rotatable bonds is 5. The van der Waals surface area contributed by atoms with Crippen molar-refractivity contribution in [2.75, 3.05) is 37.7 Å². The molecule has 0 saturated carbocycles. The van der Waals surface area contributed by atoms with Gasteiger partial charge in [0.15, 0.2) is 11.5 Å². The highest BCUT2D eigenvalue weighted by molar-refractivity contribution is 7.89. The summed E-state index contributed by atoms with van der Waals surface area (Å²) in [5.74, 6) is 0.516. The number of piperidine rings is 1. The van der Waals surface area contributed by atoms with Gasteiger partial charge >= 0.3 is 0 Å². The summed E-state index contributed by atoms with van der Waals surface area (Å²) >= 11 is 0. The number of carbonyl (C=O) groups is 2. The number of anilines is 1. The van der Waals surface area contributed by atoms with Crippen LogP contribution in [0.15, 0.2) is 47.4 Å². The SMILES string of the molecule is Cc1ccc(S(=O)(=O)N2CCC(NC(=O)C3CC(=O)N(c4ccc5c(c4)OCCO5)C3)CC2)cc1. The molecule has 186 valence electrons. The van der Waals surface area contributed by atoms with E-state index in [9.17, 15) is 18.0 Å². The molecule has 1 atom stereocenters. The molecule has 2 aromatic carbocycles. The lowest BCUT2D eigenvalue weighted by molar-refractivity contribution is -0.127. The van der Waals surface area contributed by atoms with Gasteiger partial charge in [-0.1, -0.05) is 17.7 Å². The molecule has 0 aromatic heterocycles. The Bertz CT molecular complexity index is 1220. The van der Waals surface area contributed by atoms with Gasteiger partial charge in [0, 0.05) is 43.9 Å². The first-order chi connectivity index (χ1) is 16.8. The van der Waals surface area contributed by atoms with Crippen molar-refractivity contribution in [3.05, 3.63) is 48.0 Å². The Balaban J connectivity index is 1.16. The fraction of sp³-hybridized carbons (Fsp3) is 0.440. The van der Waals surface area contributed by atoms with Crippen molar-refractivity contribution in [2.24, 2.45) is 5.92 Å². The lowest BCUT2D eigenvalue weighted by atomic mass is 10.0. The Morgan fingerprint density at radius 1 is 1.00 bits per heavy atom. The Labute approximate surface area is 205 Å². The number of ether oxygens (including phenoxy) is 2. The number of benzene rings is 2. The second kappa shape index (κ2) is 9.50. The second-order valence-electron chi connectivity index (χ2n) is 9.23. The van der Waals surface area contributed by atoms with E-state index in [1.165, 1.54) is 4.31 Å². The zero-order chi connectivity index (χ0) is 24.6. The van der Waals surface area contributed by atoms with Crippen molar-refractivity contribution in [1.82, 2.24) is 9.62 Å². The number of nitrogens with zero attached hydrogens (tertiary/aromatic N) is 2. The maximum atomic E-state index is 12.9. The van der Waals surface area contributed by atoms with Crippen LogP contribution in [0.25, 0.3) is 0 Å². The highest BCUT2D eigenvalue weighted by atomic mass is 32.2. The Morgan fingerprint density at radius 2 is 1.69 bits per heavy atom. The van der Waals surface area contributed by atoms with Crippen molar-refractivity contribution in [1.29, 1.82) is 0 Å². The first-order valence-corrected chi connectivity index (χ1v) is 13.3. The lowest BCUT2D eigenvalue weighted by Gasteiger charge is -2.32. The predicted octanol–water partition coefficient (Wildman–Crippen LogP) is 2.09. The summed E-state index contributed by atoms with van der Waals surface area (Å²) in [7, 11) is -3.55. The molecule has 0 bridgehead atoms. The Morgan fingerprint density at radius 3 is 2.40 bits per heavy atom. The molecule has 0 aliphatic carbocycles. The summed E-state index contributed by atoms with van der Waals surface area (Å²) in [5.41, 5.74) is 1.69. The van der Waals surface area contributed by atoms with Gasteiger partial charge in [-0.2, -0.15) is 4.31 Å². The molecule has 10 heteroatoms. The third kappa shape index (κ3) is 4.85. The monoisotopic (exact) mass is 499 g/mol. The number of amides is 2. The van der Waals surface area contributed by atoms with Crippen LogP contribution in [0.3, 0.4) is 0 Å². The summed E-state index contributed by atoms with van der Waals surface area (Å²) in [6, 6.07) is 12.1. The smallest absolute Gasteiger partial charge is 0.243 e. The number of fused-ring (bicyclic) bond motifs is 1. The fourth-order valence-electron chi connectivity index (χ4n) is 4.75. The van der Waals surface area contributed by atoms with Gasteiger partial charge in [-0.25, -0.2) is 8.42 Å². The summed E-state index contributed by atoms with van der Waals surface area (Å²) < 4.78 is 38.4. The number of nitrogens with one attached hydrogen (secondary N) is 1. The van der Waals surface area contributed by atoms with Crippen LogP contribution in [-0.2, 0) is 19.6 Å². The van der Waals surface area contributed by atoms with Crippen LogP contribution in [0.1, 0.15) is 24.8 Å². The Kier molecular flexibility index (Phi) is 6.41. The number of carbonyl (C=O) groups excluding carboxylic acids is 2. The van der Waals surface area contributed by atoms with Crippen LogP contribution in [-0.4, -0.2) is 63.4 Å². The topological polar surface area (TPSA) is 105 Å². The predicted molar refractivity (Wildman–Crippen MR) is 129 cm³/mol. The average Bonchev–Trinajstić information content (AvgIpc) is 3.26. The zero-order valence-corrected chi connectivity index (χ0v) is 20.4. The molecule has 2 amide bonds. The molecule has 5 rings (SSSR count). The molecule has 0 radical (unpaired) electrons. The second-order valence-corrected chi connectivity index (χ2v) is 11.2. The summed E-state index contributed by atoms with van der Waals surface area (Å²) in [6.07, 6.45) is 1.20. The highest BCUT2D eigenvalue weighted by Gasteiger charge is 2.37. The molecule has 9 nitrogen and oxygen atoms in total. The van der Waals surface area contributed by atoms with Gasteiger partial charge in [0.25, 0.3) is 0 Å². The molecule has 1 unspecified atom stereocenters. The molecule has 3 aliphatic rings. The summed E-state index contributed by atoms with van der Waals surface area (Å²) in [6.45, 7) is 3.85. The number of hydrogen-bond acceptors (Lipinski definition) is 6.